The number of hydrogen-bond donors (Lipinski definition) is 1. The number of ether oxygens (including phenoxy) is 1. The number of likely N-dealkylation sites (N-methyl/N-ethyl adjacent to an activating group) is 1. The number of carbonyl (C=O) groups is 1. The van der Waals surface area contributed by atoms with Gasteiger partial charge >= 0.3 is 0 Å². The fraction of sp³-hybridized carbons (Fsp3) is 0.400. The van der Waals surface area contributed by atoms with Gasteiger partial charge in [0.2, 0.25) is 5.95 Å². The van der Waals surface area contributed by atoms with Crippen LogP contribution in [0.4, 0.5) is 4.39 Å². The Kier molecular flexibility index (Phi) is 10.9. The van der Waals surface area contributed by atoms with Crippen LogP contribution in [0, 0.1) is 17.3 Å². The predicted molar refractivity (Wildman–Crippen MR) is 123 cm³/mol. The Morgan fingerprint density at radius 2 is 1.94 bits per heavy atom. The van der Waals surface area contributed by atoms with Crippen molar-refractivity contribution in [1.82, 2.24) is 15.2 Å². The number of hydrogen-bond acceptors (Lipinski definition) is 5. The van der Waals surface area contributed by atoms with Crippen molar-refractivity contribution in [2.75, 3.05) is 32.8 Å². The van der Waals surface area contributed by atoms with Crippen molar-refractivity contribution in [3.05, 3.63) is 65.2 Å². The molecule has 1 aromatic carbocycles. The Morgan fingerprint density at radius 1 is 1.19 bits per heavy atom. The summed E-state index contributed by atoms with van der Waals surface area (Å²) in [6.07, 6.45) is 3.86. The summed E-state index contributed by atoms with van der Waals surface area (Å²) in [6, 6.07) is 14.2. The van der Waals surface area contributed by atoms with Crippen LogP contribution in [0.3, 0.4) is 0 Å². The zero-order valence-corrected chi connectivity index (χ0v) is 18.8. The van der Waals surface area contributed by atoms with E-state index in [1.54, 1.807) is 0 Å². The summed E-state index contributed by atoms with van der Waals surface area (Å²) < 4.78 is 19.0. The van der Waals surface area contributed by atoms with E-state index in [9.17, 15) is 14.4 Å². The first-order valence-corrected chi connectivity index (χ1v) is 11.0. The van der Waals surface area contributed by atoms with Crippen molar-refractivity contribution in [3.8, 4) is 11.8 Å². The quantitative estimate of drug-likeness (QED) is 0.221. The maximum absolute atomic E-state index is 13.2. The maximum Gasteiger partial charge on any atom is 0.262 e. The smallest absolute Gasteiger partial charge is 0.262 e. The first-order chi connectivity index (χ1) is 15.5. The fourth-order valence-corrected chi connectivity index (χ4v) is 3.14. The Balaban J connectivity index is 1.68. The minimum Gasteiger partial charge on any atom is -0.492 e. The van der Waals surface area contributed by atoms with Crippen molar-refractivity contribution >= 4 is 12.0 Å². The summed E-state index contributed by atoms with van der Waals surface area (Å²) in [5, 5.41) is 11.9. The number of halogens is 1. The van der Waals surface area contributed by atoms with Crippen molar-refractivity contribution in [3.63, 3.8) is 0 Å². The second kappa shape index (κ2) is 13.9. The summed E-state index contributed by atoms with van der Waals surface area (Å²) in [7, 11) is 0. The molecule has 1 amide bonds. The number of benzene rings is 1. The minimum absolute atomic E-state index is 0.0975. The van der Waals surface area contributed by atoms with Crippen LogP contribution in [-0.2, 0) is 11.2 Å². The number of nitrogens with zero attached hydrogens (tertiary/aromatic N) is 3. The third-order valence-electron chi connectivity index (χ3n) is 5.07. The minimum atomic E-state index is -0.657. The highest BCUT2D eigenvalue weighted by Gasteiger charge is 2.09. The number of aromatic nitrogens is 1. The number of aryl methyl sites for hydroxylation is 1. The molecule has 0 unspecified atom stereocenters. The number of amides is 1. The number of unbranched alkanes of at least 4 members (excludes halogenated alkanes) is 1. The molecule has 1 heterocycles. The van der Waals surface area contributed by atoms with Gasteiger partial charge in [-0.15, -0.1) is 0 Å². The lowest BCUT2D eigenvalue weighted by atomic mass is 10.1. The van der Waals surface area contributed by atoms with Crippen LogP contribution in [0.5, 0.6) is 5.75 Å². The van der Waals surface area contributed by atoms with Gasteiger partial charge in [0, 0.05) is 13.1 Å². The monoisotopic (exact) mass is 438 g/mol. The summed E-state index contributed by atoms with van der Waals surface area (Å²) in [4.78, 5) is 18.1. The maximum atomic E-state index is 13.2. The van der Waals surface area contributed by atoms with Gasteiger partial charge in [-0.25, -0.2) is 4.98 Å². The van der Waals surface area contributed by atoms with Crippen molar-refractivity contribution < 1.29 is 13.9 Å². The van der Waals surface area contributed by atoms with E-state index in [0.717, 1.165) is 44.6 Å². The van der Waals surface area contributed by atoms with Crippen LogP contribution in [0.1, 0.15) is 37.9 Å². The molecular formula is C25H31FN4O2. The summed E-state index contributed by atoms with van der Waals surface area (Å²) in [6.45, 7) is 8.40. The van der Waals surface area contributed by atoms with E-state index in [4.69, 9.17) is 4.74 Å². The first-order valence-electron chi connectivity index (χ1n) is 11.0. The summed E-state index contributed by atoms with van der Waals surface area (Å²) in [5.74, 6) is -0.266. The molecule has 0 saturated carbocycles. The molecule has 2 aromatic rings. The van der Waals surface area contributed by atoms with Gasteiger partial charge in [-0.1, -0.05) is 32.0 Å². The van der Waals surface area contributed by atoms with E-state index in [-0.39, 0.29) is 11.3 Å². The molecule has 0 fully saturated rings. The van der Waals surface area contributed by atoms with Crippen LogP contribution in [-0.4, -0.2) is 48.6 Å². The van der Waals surface area contributed by atoms with Crippen molar-refractivity contribution in [2.45, 2.75) is 33.1 Å². The van der Waals surface area contributed by atoms with Gasteiger partial charge in [0.25, 0.3) is 5.91 Å². The molecule has 0 aliphatic carbocycles. The fourth-order valence-electron chi connectivity index (χ4n) is 3.14. The average Bonchev–Trinajstić information content (AvgIpc) is 2.81. The molecule has 0 bridgehead atoms. The lowest BCUT2D eigenvalue weighted by molar-refractivity contribution is -0.117. The average molecular weight is 439 g/mol. The van der Waals surface area contributed by atoms with E-state index in [2.05, 4.69) is 41.2 Å². The van der Waals surface area contributed by atoms with Gasteiger partial charge in [-0.3, -0.25) is 4.79 Å². The van der Waals surface area contributed by atoms with Crippen LogP contribution in [0.2, 0.25) is 0 Å². The largest absolute Gasteiger partial charge is 0.492 e. The molecule has 0 aliphatic rings. The highest BCUT2D eigenvalue weighted by Crippen LogP contribution is 2.14. The van der Waals surface area contributed by atoms with Gasteiger partial charge < -0.3 is 15.0 Å². The van der Waals surface area contributed by atoms with Gasteiger partial charge in [-0.05, 0) is 68.3 Å². The molecule has 1 aromatic heterocycles. The van der Waals surface area contributed by atoms with Crippen LogP contribution in [0.25, 0.3) is 6.08 Å². The van der Waals surface area contributed by atoms with E-state index in [1.165, 1.54) is 29.8 Å². The Morgan fingerprint density at radius 3 is 2.59 bits per heavy atom. The molecule has 1 N–H and O–H groups in total. The molecule has 0 saturated heterocycles. The first kappa shape index (κ1) is 25.0. The Labute approximate surface area is 189 Å². The van der Waals surface area contributed by atoms with E-state index in [1.807, 2.05) is 18.2 Å². The van der Waals surface area contributed by atoms with Crippen LogP contribution < -0.4 is 10.1 Å². The van der Waals surface area contributed by atoms with Gasteiger partial charge in [0.15, 0.2) is 0 Å². The molecule has 2 rings (SSSR count). The molecule has 6 nitrogen and oxygen atoms in total. The number of nitriles is 1. The molecule has 7 heteroatoms. The number of pyridine rings is 1. The summed E-state index contributed by atoms with van der Waals surface area (Å²) >= 11 is 0. The van der Waals surface area contributed by atoms with E-state index in [0.29, 0.717) is 13.2 Å². The molecule has 170 valence electrons. The second-order valence-electron chi connectivity index (χ2n) is 7.29. The molecule has 32 heavy (non-hydrogen) atoms. The zero-order valence-electron chi connectivity index (χ0n) is 18.8. The number of carbonyl (C=O) groups excluding carboxylic acids is 1. The number of nitrogens with one attached hydrogen (secondary N) is 1. The zero-order chi connectivity index (χ0) is 23.2. The Bertz CT molecular complexity index is 918. The number of rotatable bonds is 13. The topological polar surface area (TPSA) is 78.2 Å². The predicted octanol–water partition coefficient (Wildman–Crippen LogP) is 3.99. The van der Waals surface area contributed by atoms with Crippen LogP contribution >= 0.6 is 0 Å². The highest BCUT2D eigenvalue weighted by molar-refractivity contribution is 6.01. The van der Waals surface area contributed by atoms with Gasteiger partial charge in [0.05, 0.1) is 5.69 Å². The highest BCUT2D eigenvalue weighted by atomic mass is 19.1. The third kappa shape index (κ3) is 8.86. The van der Waals surface area contributed by atoms with Gasteiger partial charge in [0.1, 0.15) is 24.0 Å². The van der Waals surface area contributed by atoms with Crippen molar-refractivity contribution in [1.29, 1.82) is 5.26 Å². The normalized spacial score (nSPS) is 11.3. The molecule has 0 spiro atoms. The molecule has 0 aliphatic heterocycles. The lowest BCUT2D eigenvalue weighted by Crippen LogP contribution is -2.27. The van der Waals surface area contributed by atoms with E-state index < -0.39 is 11.9 Å². The van der Waals surface area contributed by atoms with Gasteiger partial charge in [-0.2, -0.15) is 9.65 Å². The molecular weight excluding hydrogens is 407 g/mol. The molecule has 0 radical (unpaired) electrons. The van der Waals surface area contributed by atoms with Crippen LogP contribution in [0.15, 0.2) is 48.0 Å². The van der Waals surface area contributed by atoms with E-state index >= 15 is 0 Å². The Hall–Kier alpha value is -3.24. The summed E-state index contributed by atoms with van der Waals surface area (Å²) in [5.41, 5.74) is 1.35. The molecule has 0 atom stereocenters. The lowest BCUT2D eigenvalue weighted by Gasteiger charge is -2.18. The standard InChI is InChI=1S/C25H31FN4O2/c1-3-30(4-2)16-17-32-23-13-11-20(12-14-23)8-5-6-15-28-25(31)21(19-27)18-22-9-7-10-24(26)29-22/h7,9-14,18H,3-6,8,15-17H2,1-2H3,(H,28,31)/b21-18+. The second-order valence-corrected chi connectivity index (χ2v) is 7.29. The SMILES string of the molecule is CCN(CC)CCOc1ccc(CCCCNC(=O)/C(C#N)=C/c2cccc(F)n2)cc1. The third-order valence-corrected chi connectivity index (χ3v) is 5.07. The van der Waals surface area contributed by atoms with Crippen molar-refractivity contribution in [2.24, 2.45) is 0 Å².